The van der Waals surface area contributed by atoms with Gasteiger partial charge >= 0.3 is 5.97 Å². The van der Waals surface area contributed by atoms with Crippen molar-refractivity contribution in [3.63, 3.8) is 0 Å². The fourth-order valence-electron chi connectivity index (χ4n) is 3.18. The average Bonchev–Trinajstić information content (AvgIpc) is 2.66. The molecule has 0 aromatic heterocycles. The average molecular weight is 356 g/mol. The second kappa shape index (κ2) is 8.13. The topological polar surface area (TPSA) is 52.6 Å². The summed E-state index contributed by atoms with van der Waals surface area (Å²) in [6.07, 6.45) is 4.64. The van der Waals surface area contributed by atoms with E-state index in [1.54, 1.807) is 0 Å². The Morgan fingerprint density at radius 3 is 2.54 bits per heavy atom. The summed E-state index contributed by atoms with van der Waals surface area (Å²) in [5, 5.41) is 0. The highest BCUT2D eigenvalue weighted by molar-refractivity contribution is 5.98. The molecule has 0 bridgehead atoms. The lowest BCUT2D eigenvalue weighted by molar-refractivity contribution is -0.141. The van der Waals surface area contributed by atoms with Crippen molar-refractivity contribution < 1.29 is 23.5 Å². The van der Waals surface area contributed by atoms with Crippen LogP contribution in [-0.2, 0) is 28.8 Å². The van der Waals surface area contributed by atoms with Gasteiger partial charge in [-0.15, -0.1) is 0 Å². The van der Waals surface area contributed by atoms with Crippen LogP contribution in [0.2, 0.25) is 0 Å². The van der Waals surface area contributed by atoms with Gasteiger partial charge in [-0.1, -0.05) is 18.2 Å². The van der Waals surface area contributed by atoms with Crippen LogP contribution in [0.5, 0.6) is 5.75 Å². The molecule has 1 aliphatic carbocycles. The van der Waals surface area contributed by atoms with E-state index in [1.165, 1.54) is 43.2 Å². The summed E-state index contributed by atoms with van der Waals surface area (Å²) in [5.74, 6) is -1.49. The number of hydrogen-bond donors (Lipinski definition) is 0. The number of hydrogen-bond acceptors (Lipinski definition) is 4. The highest BCUT2D eigenvalue weighted by atomic mass is 19.1. The fraction of sp³-hybridized carbons (Fsp3) is 0.333. The van der Waals surface area contributed by atoms with Gasteiger partial charge in [0.05, 0.1) is 13.5 Å². The van der Waals surface area contributed by atoms with Crippen molar-refractivity contribution in [2.45, 2.75) is 32.1 Å². The number of fused-ring (bicyclic) bond motifs is 1. The molecule has 3 rings (SSSR count). The molecule has 136 valence electrons. The van der Waals surface area contributed by atoms with E-state index >= 15 is 0 Å². The van der Waals surface area contributed by atoms with Gasteiger partial charge in [0, 0.05) is 5.56 Å². The third kappa shape index (κ3) is 4.28. The lowest BCUT2D eigenvalue weighted by Gasteiger charge is -2.16. The van der Waals surface area contributed by atoms with Crippen LogP contribution in [0.3, 0.4) is 0 Å². The molecule has 0 heterocycles. The van der Waals surface area contributed by atoms with Crippen LogP contribution in [0.25, 0.3) is 0 Å². The van der Waals surface area contributed by atoms with Gasteiger partial charge in [0.15, 0.2) is 24.0 Å². The van der Waals surface area contributed by atoms with Gasteiger partial charge in [-0.2, -0.15) is 0 Å². The smallest absolute Gasteiger partial charge is 0.310 e. The van der Waals surface area contributed by atoms with E-state index in [0.29, 0.717) is 0 Å². The number of carbonyl (C=O) groups is 2. The monoisotopic (exact) mass is 356 g/mol. The number of halogens is 1. The molecule has 0 spiro atoms. The minimum atomic E-state index is -0.626. The van der Waals surface area contributed by atoms with Crippen molar-refractivity contribution in [1.29, 1.82) is 0 Å². The van der Waals surface area contributed by atoms with E-state index in [-0.39, 0.29) is 17.7 Å². The SMILES string of the molecule is COc1ccc(C(=O)COC(=O)Cc2ccc3c(c2)CCCC3)cc1F. The summed E-state index contributed by atoms with van der Waals surface area (Å²) < 4.78 is 23.5. The highest BCUT2D eigenvalue weighted by Crippen LogP contribution is 2.22. The Balaban J connectivity index is 1.55. The molecule has 0 aliphatic heterocycles. The van der Waals surface area contributed by atoms with Crippen LogP contribution < -0.4 is 4.74 Å². The number of methoxy groups -OCH3 is 1. The lowest BCUT2D eigenvalue weighted by atomic mass is 9.90. The molecule has 2 aromatic carbocycles. The molecule has 2 aromatic rings. The maximum absolute atomic E-state index is 13.7. The standard InChI is InChI=1S/C21H21FO4/c1-25-20-9-8-17(12-18(20)22)19(23)13-26-21(24)11-14-6-7-15-4-2-3-5-16(15)10-14/h6-10,12H,2-5,11,13H2,1H3. The number of esters is 1. The number of rotatable bonds is 6. The van der Waals surface area contributed by atoms with Crippen LogP contribution in [0.4, 0.5) is 4.39 Å². The van der Waals surface area contributed by atoms with Gasteiger partial charge in [0.2, 0.25) is 0 Å². The van der Waals surface area contributed by atoms with Gasteiger partial charge in [0.1, 0.15) is 0 Å². The molecular weight excluding hydrogens is 335 g/mol. The second-order valence-corrected chi connectivity index (χ2v) is 6.42. The van der Waals surface area contributed by atoms with Crippen molar-refractivity contribution in [2.24, 2.45) is 0 Å². The van der Waals surface area contributed by atoms with Crippen LogP contribution in [0.15, 0.2) is 36.4 Å². The Morgan fingerprint density at radius 2 is 1.81 bits per heavy atom. The Bertz CT molecular complexity index is 829. The maximum Gasteiger partial charge on any atom is 0.310 e. The molecule has 0 saturated heterocycles. The Kier molecular flexibility index (Phi) is 5.66. The van der Waals surface area contributed by atoms with E-state index in [4.69, 9.17) is 9.47 Å². The van der Waals surface area contributed by atoms with Gasteiger partial charge in [-0.25, -0.2) is 4.39 Å². The first-order chi connectivity index (χ1) is 12.6. The van der Waals surface area contributed by atoms with Crippen molar-refractivity contribution in [3.8, 4) is 5.75 Å². The Morgan fingerprint density at radius 1 is 1.04 bits per heavy atom. The zero-order chi connectivity index (χ0) is 18.5. The minimum absolute atomic E-state index is 0.0611. The van der Waals surface area contributed by atoms with E-state index in [9.17, 15) is 14.0 Å². The number of ether oxygens (including phenoxy) is 2. The molecule has 0 radical (unpaired) electrons. The molecule has 5 heteroatoms. The van der Waals surface area contributed by atoms with Gasteiger partial charge in [-0.05, 0) is 60.6 Å². The number of benzene rings is 2. The van der Waals surface area contributed by atoms with E-state index in [0.717, 1.165) is 24.5 Å². The number of aryl methyl sites for hydroxylation is 2. The van der Waals surface area contributed by atoms with Gasteiger partial charge in [-0.3, -0.25) is 9.59 Å². The maximum atomic E-state index is 13.7. The normalized spacial score (nSPS) is 13.0. The predicted molar refractivity (Wildman–Crippen MR) is 95.0 cm³/mol. The van der Waals surface area contributed by atoms with E-state index < -0.39 is 24.2 Å². The highest BCUT2D eigenvalue weighted by Gasteiger charge is 2.15. The summed E-state index contributed by atoms with van der Waals surface area (Å²) in [6, 6.07) is 9.96. The molecule has 0 fully saturated rings. The van der Waals surface area contributed by atoms with E-state index in [2.05, 4.69) is 12.1 Å². The summed E-state index contributed by atoms with van der Waals surface area (Å²) in [5.41, 5.74) is 3.68. The minimum Gasteiger partial charge on any atom is -0.494 e. The lowest BCUT2D eigenvalue weighted by Crippen LogP contribution is -2.16. The summed E-state index contributed by atoms with van der Waals surface area (Å²) in [4.78, 5) is 24.1. The molecule has 0 atom stereocenters. The number of Topliss-reactive ketones (excluding diaryl/α,β-unsaturated/α-hetero) is 1. The molecule has 0 N–H and O–H groups in total. The van der Waals surface area contributed by atoms with Crippen LogP contribution in [0.1, 0.15) is 39.9 Å². The number of carbonyl (C=O) groups excluding carboxylic acids is 2. The molecule has 0 amide bonds. The zero-order valence-electron chi connectivity index (χ0n) is 14.7. The molecular formula is C21H21FO4. The third-order valence-electron chi connectivity index (χ3n) is 4.60. The number of ketones is 1. The van der Waals surface area contributed by atoms with Crippen LogP contribution in [0, 0.1) is 5.82 Å². The van der Waals surface area contributed by atoms with Crippen molar-refractivity contribution >= 4 is 11.8 Å². The van der Waals surface area contributed by atoms with Crippen molar-refractivity contribution in [1.82, 2.24) is 0 Å². The molecule has 0 unspecified atom stereocenters. The molecule has 0 saturated carbocycles. The zero-order valence-corrected chi connectivity index (χ0v) is 14.7. The summed E-state index contributed by atoms with van der Waals surface area (Å²) in [7, 11) is 1.35. The molecule has 4 nitrogen and oxygen atoms in total. The third-order valence-corrected chi connectivity index (χ3v) is 4.60. The first kappa shape index (κ1) is 18.1. The van der Waals surface area contributed by atoms with Crippen molar-refractivity contribution in [2.75, 3.05) is 13.7 Å². The van der Waals surface area contributed by atoms with E-state index in [1.807, 2.05) is 6.07 Å². The predicted octanol–water partition coefficient (Wildman–Crippen LogP) is 3.68. The van der Waals surface area contributed by atoms with Crippen LogP contribution in [-0.4, -0.2) is 25.5 Å². The summed E-state index contributed by atoms with van der Waals surface area (Å²) in [6.45, 7) is -0.407. The van der Waals surface area contributed by atoms with Crippen LogP contribution >= 0.6 is 0 Å². The quantitative estimate of drug-likeness (QED) is 0.585. The first-order valence-electron chi connectivity index (χ1n) is 8.70. The molecule has 1 aliphatic rings. The Labute approximate surface area is 151 Å². The van der Waals surface area contributed by atoms with Crippen molar-refractivity contribution in [3.05, 3.63) is 64.5 Å². The fourth-order valence-corrected chi connectivity index (χ4v) is 3.18. The first-order valence-corrected chi connectivity index (χ1v) is 8.70. The molecule has 26 heavy (non-hydrogen) atoms. The largest absolute Gasteiger partial charge is 0.494 e. The Hall–Kier alpha value is -2.69. The van der Waals surface area contributed by atoms with Gasteiger partial charge in [0.25, 0.3) is 0 Å². The second-order valence-electron chi connectivity index (χ2n) is 6.42. The summed E-state index contributed by atoms with van der Waals surface area (Å²) >= 11 is 0. The van der Waals surface area contributed by atoms with Gasteiger partial charge < -0.3 is 9.47 Å².